The van der Waals surface area contributed by atoms with Gasteiger partial charge in [-0.1, -0.05) is 0 Å². The highest BCUT2D eigenvalue weighted by Gasteiger charge is 2.17. The van der Waals surface area contributed by atoms with Crippen molar-refractivity contribution < 1.29 is 0 Å². The fraction of sp³-hybridized carbons (Fsp3) is 0.294. The maximum atomic E-state index is 4.28. The number of rotatable bonds is 3. The van der Waals surface area contributed by atoms with E-state index in [1.807, 2.05) is 18.5 Å². The van der Waals surface area contributed by atoms with Crippen LogP contribution in [0.2, 0.25) is 0 Å². The Morgan fingerprint density at radius 2 is 1.87 bits per heavy atom. The van der Waals surface area contributed by atoms with Crippen LogP contribution in [0.25, 0.3) is 10.9 Å². The van der Waals surface area contributed by atoms with E-state index in [-0.39, 0.29) is 0 Å². The monoisotopic (exact) mass is 306 g/mol. The highest BCUT2D eigenvalue weighted by Crippen LogP contribution is 2.21. The van der Waals surface area contributed by atoms with Crippen LogP contribution in [-0.4, -0.2) is 51.2 Å². The van der Waals surface area contributed by atoms with Gasteiger partial charge in [0.1, 0.15) is 6.33 Å². The van der Waals surface area contributed by atoms with E-state index in [2.05, 4.69) is 48.2 Å². The minimum absolute atomic E-state index is 0.939. The van der Waals surface area contributed by atoms with Gasteiger partial charge in [-0.25, -0.2) is 9.97 Å². The van der Waals surface area contributed by atoms with Crippen LogP contribution in [0.3, 0.4) is 0 Å². The van der Waals surface area contributed by atoms with Crippen LogP contribution in [0.15, 0.2) is 49.2 Å². The first kappa shape index (κ1) is 14.0. The van der Waals surface area contributed by atoms with Gasteiger partial charge in [-0.2, -0.15) is 10.2 Å². The van der Waals surface area contributed by atoms with Crippen molar-refractivity contribution in [3.63, 3.8) is 0 Å². The molecule has 4 rings (SSSR count). The third-order valence-electron chi connectivity index (χ3n) is 4.28. The van der Waals surface area contributed by atoms with Crippen molar-refractivity contribution in [3.05, 3.63) is 54.7 Å². The molecule has 1 aliphatic rings. The zero-order valence-corrected chi connectivity index (χ0v) is 12.8. The summed E-state index contributed by atoms with van der Waals surface area (Å²) in [6.07, 6.45) is 7.06. The Kier molecular flexibility index (Phi) is 3.81. The largest absolute Gasteiger partial charge is 0.369 e. The van der Waals surface area contributed by atoms with E-state index in [0.29, 0.717) is 0 Å². The fourth-order valence-electron chi connectivity index (χ4n) is 3.00. The second kappa shape index (κ2) is 6.26. The summed E-state index contributed by atoms with van der Waals surface area (Å²) in [5, 5.41) is 8.86. The molecule has 0 radical (unpaired) electrons. The first-order valence-electron chi connectivity index (χ1n) is 7.81. The summed E-state index contributed by atoms with van der Waals surface area (Å²) in [5.74, 6) is 0. The Labute approximate surface area is 134 Å². The summed E-state index contributed by atoms with van der Waals surface area (Å²) in [4.78, 5) is 13.3. The van der Waals surface area contributed by atoms with E-state index in [4.69, 9.17) is 0 Å². The molecular weight excluding hydrogens is 288 g/mol. The molecule has 2 aromatic heterocycles. The summed E-state index contributed by atoms with van der Waals surface area (Å²) in [7, 11) is 0. The predicted octanol–water partition coefficient (Wildman–Crippen LogP) is 1.74. The van der Waals surface area contributed by atoms with E-state index in [9.17, 15) is 0 Å². The average molecular weight is 306 g/mol. The Morgan fingerprint density at radius 1 is 0.957 bits per heavy atom. The summed E-state index contributed by atoms with van der Waals surface area (Å²) in [5.41, 5.74) is 3.46. The van der Waals surface area contributed by atoms with Gasteiger partial charge in [0.2, 0.25) is 0 Å². The molecule has 23 heavy (non-hydrogen) atoms. The molecule has 6 heteroatoms. The van der Waals surface area contributed by atoms with E-state index in [0.717, 1.165) is 43.6 Å². The molecule has 1 saturated heterocycles. The highest BCUT2D eigenvalue weighted by molar-refractivity contribution is 5.81. The molecular formula is C17H18N6. The maximum absolute atomic E-state index is 4.28. The zero-order chi connectivity index (χ0) is 15.5. The number of benzene rings is 1. The first-order chi connectivity index (χ1) is 11.4. The van der Waals surface area contributed by atoms with Crippen LogP contribution in [0.1, 0.15) is 5.56 Å². The van der Waals surface area contributed by atoms with E-state index < -0.39 is 0 Å². The van der Waals surface area contributed by atoms with Gasteiger partial charge in [-0.05, 0) is 29.8 Å². The van der Waals surface area contributed by atoms with Crippen LogP contribution >= 0.6 is 0 Å². The molecule has 1 fully saturated rings. The number of hydrogen-bond acceptors (Lipinski definition) is 6. The summed E-state index contributed by atoms with van der Waals surface area (Å²) < 4.78 is 0. The van der Waals surface area contributed by atoms with Gasteiger partial charge in [0.15, 0.2) is 0 Å². The predicted molar refractivity (Wildman–Crippen MR) is 89.1 cm³/mol. The van der Waals surface area contributed by atoms with Gasteiger partial charge >= 0.3 is 0 Å². The van der Waals surface area contributed by atoms with Crippen LogP contribution in [0.4, 0.5) is 5.69 Å². The number of anilines is 1. The van der Waals surface area contributed by atoms with Crippen molar-refractivity contribution >= 4 is 16.6 Å². The fourth-order valence-corrected chi connectivity index (χ4v) is 3.00. The molecule has 0 saturated carbocycles. The Bertz CT molecular complexity index is 783. The highest BCUT2D eigenvalue weighted by atomic mass is 15.3. The second-order valence-corrected chi connectivity index (χ2v) is 5.78. The van der Waals surface area contributed by atoms with Gasteiger partial charge < -0.3 is 4.90 Å². The number of hydrogen-bond donors (Lipinski definition) is 0. The van der Waals surface area contributed by atoms with Crippen molar-refractivity contribution in [2.45, 2.75) is 6.54 Å². The van der Waals surface area contributed by atoms with E-state index in [1.165, 1.54) is 11.3 Å². The molecule has 3 heterocycles. The molecule has 0 unspecified atom stereocenters. The lowest BCUT2D eigenvalue weighted by Gasteiger charge is -2.36. The van der Waals surface area contributed by atoms with Gasteiger partial charge in [-0.15, -0.1) is 0 Å². The van der Waals surface area contributed by atoms with Crippen molar-refractivity contribution in [1.29, 1.82) is 0 Å². The molecule has 116 valence electrons. The number of fused-ring (bicyclic) bond motifs is 1. The molecule has 1 aromatic carbocycles. The van der Waals surface area contributed by atoms with Crippen LogP contribution in [-0.2, 0) is 6.54 Å². The molecule has 6 nitrogen and oxygen atoms in total. The molecule has 3 aromatic rings. The van der Waals surface area contributed by atoms with E-state index >= 15 is 0 Å². The smallest absolute Gasteiger partial charge is 0.116 e. The SMILES string of the molecule is c1cc(CN2CCN(c3ccc4ncncc4c3)CC2)cnn1. The lowest BCUT2D eigenvalue weighted by molar-refractivity contribution is 0.249. The molecule has 0 atom stereocenters. The topological polar surface area (TPSA) is 58.0 Å². The molecule has 1 aliphatic heterocycles. The minimum atomic E-state index is 0.939. The van der Waals surface area contributed by atoms with Crippen LogP contribution < -0.4 is 4.90 Å². The van der Waals surface area contributed by atoms with Gasteiger partial charge in [0, 0.05) is 56.2 Å². The van der Waals surface area contributed by atoms with Crippen LogP contribution in [0.5, 0.6) is 0 Å². The summed E-state index contributed by atoms with van der Waals surface area (Å²) >= 11 is 0. The van der Waals surface area contributed by atoms with Gasteiger partial charge in [0.05, 0.1) is 11.7 Å². The van der Waals surface area contributed by atoms with Gasteiger partial charge in [-0.3, -0.25) is 4.90 Å². The molecule has 0 spiro atoms. The van der Waals surface area contributed by atoms with Crippen molar-refractivity contribution in [1.82, 2.24) is 25.1 Å². The lowest BCUT2D eigenvalue weighted by atomic mass is 10.2. The normalized spacial score (nSPS) is 15.9. The average Bonchev–Trinajstić information content (AvgIpc) is 2.63. The first-order valence-corrected chi connectivity index (χ1v) is 7.81. The molecule has 0 bridgehead atoms. The third-order valence-corrected chi connectivity index (χ3v) is 4.28. The number of piperazine rings is 1. The van der Waals surface area contributed by atoms with Crippen molar-refractivity contribution in [3.8, 4) is 0 Å². The maximum Gasteiger partial charge on any atom is 0.116 e. The Hall–Kier alpha value is -2.60. The quantitative estimate of drug-likeness (QED) is 0.735. The minimum Gasteiger partial charge on any atom is -0.369 e. The van der Waals surface area contributed by atoms with Crippen LogP contribution in [0, 0.1) is 0 Å². The molecule has 0 N–H and O–H groups in total. The lowest BCUT2D eigenvalue weighted by Crippen LogP contribution is -2.45. The number of aromatic nitrogens is 4. The molecule has 0 amide bonds. The Morgan fingerprint density at radius 3 is 2.70 bits per heavy atom. The standard InChI is InChI=1S/C17H18N6/c1-2-17-15(11-18-13-19-17)9-16(1)23-7-5-22(6-8-23)12-14-3-4-20-21-10-14/h1-4,9-11,13H,5-8,12H2. The Balaban J connectivity index is 1.42. The van der Waals surface area contributed by atoms with Gasteiger partial charge in [0.25, 0.3) is 0 Å². The number of nitrogens with zero attached hydrogens (tertiary/aromatic N) is 6. The third kappa shape index (κ3) is 3.12. The molecule has 0 aliphatic carbocycles. The summed E-state index contributed by atoms with van der Waals surface area (Å²) in [6.45, 7) is 5.08. The van der Waals surface area contributed by atoms with E-state index in [1.54, 1.807) is 12.5 Å². The zero-order valence-electron chi connectivity index (χ0n) is 12.8. The summed E-state index contributed by atoms with van der Waals surface area (Å²) in [6, 6.07) is 8.43. The van der Waals surface area contributed by atoms with Crippen molar-refractivity contribution in [2.24, 2.45) is 0 Å². The second-order valence-electron chi connectivity index (χ2n) is 5.78. The van der Waals surface area contributed by atoms with Crippen molar-refractivity contribution in [2.75, 3.05) is 31.1 Å².